The average molecular weight is 365 g/mol. The highest BCUT2D eigenvalue weighted by Crippen LogP contribution is 2.25. The first-order valence-corrected chi connectivity index (χ1v) is 9.96. The summed E-state index contributed by atoms with van der Waals surface area (Å²) >= 11 is 0. The fourth-order valence-corrected chi connectivity index (χ4v) is 3.62. The number of nitrogens with one attached hydrogen (secondary N) is 1. The van der Waals surface area contributed by atoms with E-state index in [9.17, 15) is 0 Å². The number of pyridine rings is 1. The van der Waals surface area contributed by atoms with Crippen LogP contribution in [0.5, 0.6) is 0 Å². The molecular formula is C20H27N7. The van der Waals surface area contributed by atoms with E-state index >= 15 is 0 Å². The fourth-order valence-electron chi connectivity index (χ4n) is 3.62. The van der Waals surface area contributed by atoms with Gasteiger partial charge in [0.1, 0.15) is 5.82 Å². The van der Waals surface area contributed by atoms with Crippen LogP contribution in [0.15, 0.2) is 35.7 Å². The van der Waals surface area contributed by atoms with Crippen LogP contribution in [0.3, 0.4) is 0 Å². The lowest BCUT2D eigenvalue weighted by Crippen LogP contribution is -2.33. The molecule has 0 saturated carbocycles. The number of hydrazone groups is 1. The van der Waals surface area contributed by atoms with Crippen LogP contribution in [0.25, 0.3) is 0 Å². The third-order valence-electron chi connectivity index (χ3n) is 5.12. The Morgan fingerprint density at radius 2 is 1.52 bits per heavy atom. The average Bonchev–Trinajstić information content (AvgIpc) is 2.76. The lowest BCUT2D eigenvalue weighted by molar-refractivity contribution is 0.561. The van der Waals surface area contributed by atoms with Gasteiger partial charge < -0.3 is 9.80 Å². The molecule has 2 aliphatic rings. The molecule has 2 aromatic heterocycles. The predicted molar refractivity (Wildman–Crippen MR) is 110 cm³/mol. The van der Waals surface area contributed by atoms with Gasteiger partial charge in [-0.05, 0) is 56.2 Å². The van der Waals surface area contributed by atoms with Crippen molar-refractivity contribution in [3.8, 4) is 0 Å². The lowest BCUT2D eigenvalue weighted by atomic mass is 10.1. The Bertz CT molecular complexity index is 714. The molecule has 0 aliphatic carbocycles. The SMILES string of the molecule is C(=NNc1cc(N2CCCCC2)nc(N2CCCCC2)n1)c1ccncc1. The highest BCUT2D eigenvalue weighted by molar-refractivity contribution is 5.79. The molecule has 142 valence electrons. The minimum atomic E-state index is 0.747. The summed E-state index contributed by atoms with van der Waals surface area (Å²) in [5.74, 6) is 2.57. The number of hydrogen-bond acceptors (Lipinski definition) is 7. The Balaban J connectivity index is 1.55. The van der Waals surface area contributed by atoms with Gasteiger partial charge in [0.15, 0.2) is 5.82 Å². The molecule has 0 bridgehead atoms. The number of aromatic nitrogens is 3. The summed E-state index contributed by atoms with van der Waals surface area (Å²) in [6.07, 6.45) is 12.8. The Morgan fingerprint density at radius 1 is 0.852 bits per heavy atom. The zero-order chi connectivity index (χ0) is 18.3. The van der Waals surface area contributed by atoms with Crippen molar-refractivity contribution in [2.75, 3.05) is 41.4 Å². The normalized spacial score (nSPS) is 18.1. The molecule has 0 aromatic carbocycles. The number of anilines is 3. The van der Waals surface area contributed by atoms with Crippen molar-refractivity contribution in [1.82, 2.24) is 15.0 Å². The summed E-state index contributed by atoms with van der Waals surface area (Å²) in [4.78, 5) is 18.3. The second-order valence-corrected chi connectivity index (χ2v) is 7.16. The molecule has 1 N–H and O–H groups in total. The molecule has 0 unspecified atom stereocenters. The molecule has 7 heteroatoms. The largest absolute Gasteiger partial charge is 0.356 e. The smallest absolute Gasteiger partial charge is 0.229 e. The van der Waals surface area contributed by atoms with Gasteiger partial charge in [0, 0.05) is 44.6 Å². The van der Waals surface area contributed by atoms with Crippen molar-refractivity contribution in [3.63, 3.8) is 0 Å². The van der Waals surface area contributed by atoms with Crippen molar-refractivity contribution >= 4 is 23.8 Å². The van der Waals surface area contributed by atoms with Gasteiger partial charge in [-0.3, -0.25) is 10.4 Å². The van der Waals surface area contributed by atoms with Crippen molar-refractivity contribution < 1.29 is 0 Å². The van der Waals surface area contributed by atoms with Crippen LogP contribution >= 0.6 is 0 Å². The molecule has 2 fully saturated rings. The molecule has 4 heterocycles. The van der Waals surface area contributed by atoms with Gasteiger partial charge in [-0.15, -0.1) is 0 Å². The minimum absolute atomic E-state index is 0.747. The topological polar surface area (TPSA) is 69.5 Å². The van der Waals surface area contributed by atoms with Gasteiger partial charge in [-0.1, -0.05) is 0 Å². The molecule has 0 atom stereocenters. The highest BCUT2D eigenvalue weighted by atomic mass is 15.4. The maximum atomic E-state index is 4.89. The van der Waals surface area contributed by atoms with Gasteiger partial charge in [-0.2, -0.15) is 15.1 Å². The van der Waals surface area contributed by atoms with Crippen molar-refractivity contribution in [1.29, 1.82) is 0 Å². The van der Waals surface area contributed by atoms with Gasteiger partial charge >= 0.3 is 0 Å². The second-order valence-electron chi connectivity index (χ2n) is 7.16. The molecule has 4 rings (SSSR count). The van der Waals surface area contributed by atoms with E-state index in [0.717, 1.165) is 49.3 Å². The third kappa shape index (κ3) is 4.72. The van der Waals surface area contributed by atoms with E-state index in [2.05, 4.69) is 25.3 Å². The van der Waals surface area contributed by atoms with Crippen molar-refractivity contribution in [2.45, 2.75) is 38.5 Å². The van der Waals surface area contributed by atoms with E-state index in [4.69, 9.17) is 9.97 Å². The lowest BCUT2D eigenvalue weighted by Gasteiger charge is -2.31. The van der Waals surface area contributed by atoms with Gasteiger partial charge in [0.05, 0.1) is 6.21 Å². The first kappa shape index (κ1) is 17.7. The first-order valence-electron chi connectivity index (χ1n) is 9.96. The van der Waals surface area contributed by atoms with Crippen LogP contribution in [0.4, 0.5) is 17.6 Å². The molecule has 27 heavy (non-hydrogen) atoms. The maximum absolute atomic E-state index is 4.89. The number of hydrogen-bond donors (Lipinski definition) is 1. The predicted octanol–water partition coefficient (Wildman–Crippen LogP) is 3.30. The summed E-state index contributed by atoms with van der Waals surface area (Å²) in [7, 11) is 0. The van der Waals surface area contributed by atoms with E-state index in [1.54, 1.807) is 18.6 Å². The molecule has 0 amide bonds. The van der Waals surface area contributed by atoms with Gasteiger partial charge in [0.25, 0.3) is 0 Å². The van der Waals surface area contributed by atoms with Crippen molar-refractivity contribution in [3.05, 3.63) is 36.2 Å². The fraction of sp³-hybridized carbons (Fsp3) is 0.500. The molecule has 0 spiro atoms. The Hall–Kier alpha value is -2.70. The Kier molecular flexibility index (Phi) is 5.76. The molecular weight excluding hydrogens is 338 g/mol. The van der Waals surface area contributed by atoms with E-state index in [0.29, 0.717) is 0 Å². The summed E-state index contributed by atoms with van der Waals surface area (Å²) in [5.41, 5.74) is 4.10. The van der Waals surface area contributed by atoms with Crippen LogP contribution < -0.4 is 15.2 Å². The minimum Gasteiger partial charge on any atom is -0.356 e. The van der Waals surface area contributed by atoms with Gasteiger partial charge in [0.2, 0.25) is 5.95 Å². The van der Waals surface area contributed by atoms with Crippen molar-refractivity contribution in [2.24, 2.45) is 5.10 Å². The summed E-state index contributed by atoms with van der Waals surface area (Å²) in [5, 5.41) is 4.35. The molecule has 2 aromatic rings. The van der Waals surface area contributed by atoms with E-state index in [1.165, 1.54) is 38.5 Å². The maximum Gasteiger partial charge on any atom is 0.229 e. The summed E-state index contributed by atoms with van der Waals surface area (Å²) in [6.45, 7) is 4.19. The van der Waals surface area contributed by atoms with Crippen LogP contribution in [-0.4, -0.2) is 47.3 Å². The molecule has 2 aliphatic heterocycles. The summed E-state index contributed by atoms with van der Waals surface area (Å²) < 4.78 is 0. The van der Waals surface area contributed by atoms with E-state index < -0.39 is 0 Å². The molecule has 7 nitrogen and oxygen atoms in total. The Morgan fingerprint density at radius 3 is 2.22 bits per heavy atom. The standard InChI is InChI=1S/C20H27N7/c1-3-11-26(12-4-1)19-15-18(25-22-16-17-7-9-21-10-8-17)23-20(24-19)27-13-5-2-6-14-27/h7-10,15-16H,1-6,11-14H2,(H,23,24,25). The number of piperidine rings is 2. The Labute approximate surface area is 160 Å². The third-order valence-corrected chi connectivity index (χ3v) is 5.12. The van der Waals surface area contributed by atoms with Crippen LogP contribution in [0, 0.1) is 0 Å². The van der Waals surface area contributed by atoms with E-state index in [1.807, 2.05) is 18.2 Å². The summed E-state index contributed by atoms with van der Waals surface area (Å²) in [6, 6.07) is 5.86. The second kappa shape index (κ2) is 8.79. The van der Waals surface area contributed by atoms with Crippen LogP contribution in [0.2, 0.25) is 0 Å². The first-order chi connectivity index (χ1) is 13.4. The zero-order valence-corrected chi connectivity index (χ0v) is 15.7. The van der Waals surface area contributed by atoms with E-state index in [-0.39, 0.29) is 0 Å². The zero-order valence-electron chi connectivity index (χ0n) is 15.7. The van der Waals surface area contributed by atoms with Gasteiger partial charge in [-0.25, -0.2) is 0 Å². The number of rotatable bonds is 5. The monoisotopic (exact) mass is 365 g/mol. The number of nitrogens with zero attached hydrogens (tertiary/aromatic N) is 6. The molecule has 2 saturated heterocycles. The quantitative estimate of drug-likeness (QED) is 0.648. The van der Waals surface area contributed by atoms with Crippen LogP contribution in [0.1, 0.15) is 44.1 Å². The molecule has 0 radical (unpaired) electrons. The highest BCUT2D eigenvalue weighted by Gasteiger charge is 2.19. The van der Waals surface area contributed by atoms with Crippen LogP contribution in [-0.2, 0) is 0 Å².